The average molecular weight is 352 g/mol. The fourth-order valence-electron chi connectivity index (χ4n) is 3.15. The molecule has 1 saturated heterocycles. The summed E-state index contributed by atoms with van der Waals surface area (Å²) in [5, 5.41) is 10.2. The first-order valence-corrected chi connectivity index (χ1v) is 7.76. The SMILES string of the molecule is Cl.O=C(O)[C@H]1CN(Cc2ccccc2)C[C@@H]1c1ccc(Cl)cc1. The molecule has 0 aromatic heterocycles. The predicted octanol–water partition coefficient (Wildman–Crippen LogP) is 4.06. The maximum absolute atomic E-state index is 11.6. The molecule has 2 aromatic rings. The van der Waals surface area contributed by atoms with Crippen LogP contribution in [-0.4, -0.2) is 29.1 Å². The quantitative estimate of drug-likeness (QED) is 0.902. The number of hydrogen-bond donors (Lipinski definition) is 1. The molecule has 1 heterocycles. The van der Waals surface area contributed by atoms with Crippen molar-refractivity contribution in [1.29, 1.82) is 0 Å². The lowest BCUT2D eigenvalue weighted by molar-refractivity contribution is -0.141. The summed E-state index contributed by atoms with van der Waals surface area (Å²) in [5.74, 6) is -1.08. The molecule has 122 valence electrons. The van der Waals surface area contributed by atoms with Crippen molar-refractivity contribution < 1.29 is 9.90 Å². The standard InChI is InChI=1S/C18H18ClNO2.ClH/c19-15-8-6-14(7-9-15)16-11-20(12-17(16)18(21)22)10-13-4-2-1-3-5-13;/h1-9,16-17H,10-12H2,(H,21,22);1H/t16-,17+;/m1./s1. The number of nitrogens with zero attached hydrogens (tertiary/aromatic N) is 1. The number of carboxylic acids is 1. The second-order valence-electron chi connectivity index (χ2n) is 5.78. The van der Waals surface area contributed by atoms with Gasteiger partial charge in [0.05, 0.1) is 5.92 Å². The van der Waals surface area contributed by atoms with E-state index in [1.54, 1.807) is 0 Å². The molecule has 0 unspecified atom stereocenters. The molecule has 2 atom stereocenters. The van der Waals surface area contributed by atoms with E-state index in [9.17, 15) is 9.90 Å². The lowest BCUT2D eigenvalue weighted by Crippen LogP contribution is -2.23. The molecule has 23 heavy (non-hydrogen) atoms. The Morgan fingerprint density at radius 1 is 1.09 bits per heavy atom. The summed E-state index contributed by atoms with van der Waals surface area (Å²) in [4.78, 5) is 13.8. The molecule has 1 N–H and O–H groups in total. The van der Waals surface area contributed by atoms with Gasteiger partial charge in [-0.3, -0.25) is 9.69 Å². The van der Waals surface area contributed by atoms with Crippen molar-refractivity contribution in [3.63, 3.8) is 0 Å². The Balaban J connectivity index is 0.00000192. The maximum atomic E-state index is 11.6. The number of likely N-dealkylation sites (tertiary alicyclic amines) is 1. The third-order valence-electron chi connectivity index (χ3n) is 4.26. The van der Waals surface area contributed by atoms with Gasteiger partial charge < -0.3 is 5.11 Å². The van der Waals surface area contributed by atoms with Crippen molar-refractivity contribution in [3.8, 4) is 0 Å². The highest BCUT2D eigenvalue weighted by atomic mass is 35.5. The van der Waals surface area contributed by atoms with Crippen LogP contribution in [0.4, 0.5) is 0 Å². The highest BCUT2D eigenvalue weighted by Crippen LogP contribution is 2.34. The number of benzene rings is 2. The molecule has 1 aliphatic rings. The van der Waals surface area contributed by atoms with Crippen molar-refractivity contribution >= 4 is 30.0 Å². The number of rotatable bonds is 4. The molecule has 0 amide bonds. The van der Waals surface area contributed by atoms with Gasteiger partial charge in [0.25, 0.3) is 0 Å². The molecule has 5 heteroatoms. The van der Waals surface area contributed by atoms with Crippen LogP contribution in [0.25, 0.3) is 0 Å². The van der Waals surface area contributed by atoms with Gasteiger partial charge in [0.1, 0.15) is 0 Å². The zero-order chi connectivity index (χ0) is 15.5. The van der Waals surface area contributed by atoms with E-state index in [0.29, 0.717) is 11.6 Å². The lowest BCUT2D eigenvalue weighted by atomic mass is 9.89. The molecule has 1 aliphatic heterocycles. The number of aliphatic carboxylic acids is 1. The monoisotopic (exact) mass is 351 g/mol. The van der Waals surface area contributed by atoms with Gasteiger partial charge in [-0.1, -0.05) is 54.1 Å². The summed E-state index contributed by atoms with van der Waals surface area (Å²) in [7, 11) is 0. The molecular weight excluding hydrogens is 333 g/mol. The van der Waals surface area contributed by atoms with Gasteiger partial charge in [-0.15, -0.1) is 12.4 Å². The number of hydrogen-bond acceptors (Lipinski definition) is 2. The summed E-state index contributed by atoms with van der Waals surface area (Å²) in [6.07, 6.45) is 0. The van der Waals surface area contributed by atoms with Gasteiger partial charge in [-0.2, -0.15) is 0 Å². The summed E-state index contributed by atoms with van der Waals surface area (Å²) < 4.78 is 0. The minimum Gasteiger partial charge on any atom is -0.481 e. The van der Waals surface area contributed by atoms with Gasteiger partial charge in [0.2, 0.25) is 0 Å². The number of halogens is 2. The predicted molar refractivity (Wildman–Crippen MR) is 94.3 cm³/mol. The van der Waals surface area contributed by atoms with E-state index in [1.807, 2.05) is 42.5 Å². The zero-order valence-electron chi connectivity index (χ0n) is 12.6. The summed E-state index contributed by atoms with van der Waals surface area (Å²) in [6, 6.07) is 17.7. The van der Waals surface area contributed by atoms with Crippen LogP contribution in [0.2, 0.25) is 5.02 Å². The smallest absolute Gasteiger partial charge is 0.308 e. The molecule has 2 aromatic carbocycles. The molecule has 0 bridgehead atoms. The Bertz CT molecular complexity index is 646. The number of carbonyl (C=O) groups is 1. The molecule has 0 aliphatic carbocycles. The van der Waals surface area contributed by atoms with E-state index in [0.717, 1.165) is 18.7 Å². The molecule has 3 rings (SSSR count). The summed E-state index contributed by atoms with van der Waals surface area (Å²) in [6.45, 7) is 2.12. The molecule has 0 spiro atoms. The molecule has 3 nitrogen and oxygen atoms in total. The van der Waals surface area contributed by atoms with E-state index in [4.69, 9.17) is 11.6 Å². The Hall–Kier alpha value is -1.55. The van der Waals surface area contributed by atoms with E-state index in [2.05, 4.69) is 17.0 Å². The normalized spacial score (nSPS) is 20.9. The van der Waals surface area contributed by atoms with Crippen LogP contribution in [0.3, 0.4) is 0 Å². The van der Waals surface area contributed by atoms with Crippen molar-refractivity contribution in [2.24, 2.45) is 5.92 Å². The van der Waals surface area contributed by atoms with E-state index >= 15 is 0 Å². The van der Waals surface area contributed by atoms with Crippen molar-refractivity contribution in [3.05, 3.63) is 70.7 Å². The van der Waals surface area contributed by atoms with E-state index < -0.39 is 5.97 Å². The van der Waals surface area contributed by atoms with Gasteiger partial charge in [-0.25, -0.2) is 0 Å². The van der Waals surface area contributed by atoms with Crippen molar-refractivity contribution in [1.82, 2.24) is 4.90 Å². The van der Waals surface area contributed by atoms with Crippen LogP contribution < -0.4 is 0 Å². The minimum absolute atomic E-state index is 0. The largest absolute Gasteiger partial charge is 0.481 e. The van der Waals surface area contributed by atoms with Crippen molar-refractivity contribution in [2.45, 2.75) is 12.5 Å². The van der Waals surface area contributed by atoms with Crippen LogP contribution in [0.1, 0.15) is 17.0 Å². The van der Waals surface area contributed by atoms with Crippen LogP contribution in [0.15, 0.2) is 54.6 Å². The molecular formula is C18H19Cl2NO2. The van der Waals surface area contributed by atoms with Crippen molar-refractivity contribution in [2.75, 3.05) is 13.1 Å². The minimum atomic E-state index is -0.726. The first-order chi connectivity index (χ1) is 10.6. The van der Waals surface area contributed by atoms with Crippen LogP contribution in [-0.2, 0) is 11.3 Å². The Morgan fingerprint density at radius 2 is 1.74 bits per heavy atom. The third kappa shape index (κ3) is 4.25. The van der Waals surface area contributed by atoms with Gasteiger partial charge in [0.15, 0.2) is 0 Å². The first-order valence-electron chi connectivity index (χ1n) is 7.38. The second-order valence-corrected chi connectivity index (χ2v) is 6.22. The second kappa shape index (κ2) is 7.82. The Kier molecular flexibility index (Phi) is 6.05. The molecule has 0 radical (unpaired) electrons. The van der Waals surface area contributed by atoms with Gasteiger partial charge >= 0.3 is 5.97 Å². The van der Waals surface area contributed by atoms with E-state index in [-0.39, 0.29) is 24.2 Å². The maximum Gasteiger partial charge on any atom is 0.308 e. The highest BCUT2D eigenvalue weighted by molar-refractivity contribution is 6.30. The summed E-state index contributed by atoms with van der Waals surface area (Å²) >= 11 is 5.93. The molecule has 0 saturated carbocycles. The fraction of sp³-hybridized carbons (Fsp3) is 0.278. The van der Waals surface area contributed by atoms with Gasteiger partial charge in [0, 0.05) is 30.6 Å². The topological polar surface area (TPSA) is 40.5 Å². The average Bonchev–Trinajstić information content (AvgIpc) is 2.93. The third-order valence-corrected chi connectivity index (χ3v) is 4.51. The van der Waals surface area contributed by atoms with E-state index in [1.165, 1.54) is 5.56 Å². The van der Waals surface area contributed by atoms with Crippen LogP contribution in [0, 0.1) is 5.92 Å². The van der Waals surface area contributed by atoms with Gasteiger partial charge in [-0.05, 0) is 23.3 Å². The molecule has 1 fully saturated rings. The number of carboxylic acid groups (broad SMARTS) is 1. The lowest BCUT2D eigenvalue weighted by Gasteiger charge is -2.16. The fourth-order valence-corrected chi connectivity index (χ4v) is 3.28. The highest BCUT2D eigenvalue weighted by Gasteiger charge is 2.38. The zero-order valence-corrected chi connectivity index (χ0v) is 14.1. The summed E-state index contributed by atoms with van der Waals surface area (Å²) in [5.41, 5.74) is 2.26. The Morgan fingerprint density at radius 3 is 2.35 bits per heavy atom. The van der Waals surface area contributed by atoms with Crippen LogP contribution in [0.5, 0.6) is 0 Å². The first kappa shape index (κ1) is 17.8. The Labute approximate surface area is 147 Å². The van der Waals surface area contributed by atoms with Crippen LogP contribution >= 0.6 is 24.0 Å².